The van der Waals surface area contributed by atoms with E-state index < -0.39 is 0 Å². The Morgan fingerprint density at radius 2 is 2.07 bits per heavy atom. The number of carbonyl (C=O) groups is 1. The van der Waals surface area contributed by atoms with Crippen molar-refractivity contribution in [2.75, 3.05) is 6.54 Å². The van der Waals surface area contributed by atoms with Gasteiger partial charge in [0.15, 0.2) is 4.96 Å². The molecule has 1 aromatic carbocycles. The van der Waals surface area contributed by atoms with E-state index in [4.69, 9.17) is 9.40 Å². The van der Waals surface area contributed by atoms with Crippen molar-refractivity contribution in [2.24, 2.45) is 0 Å². The molecule has 0 spiro atoms. The van der Waals surface area contributed by atoms with Gasteiger partial charge in [0.25, 0.3) is 0 Å². The van der Waals surface area contributed by atoms with Crippen LogP contribution in [0, 0.1) is 6.92 Å². The summed E-state index contributed by atoms with van der Waals surface area (Å²) in [6.45, 7) is 4.81. The first-order valence-corrected chi connectivity index (χ1v) is 9.78. The minimum absolute atomic E-state index is 0.0452. The molecule has 1 amide bonds. The fraction of sp³-hybridized carbons (Fsp3) is 0.238. The number of hydrogen-bond acceptors (Lipinski definition) is 4. The number of imidazole rings is 1. The van der Waals surface area contributed by atoms with Crippen LogP contribution in [0.1, 0.15) is 23.9 Å². The molecule has 0 bridgehead atoms. The zero-order valence-corrected chi connectivity index (χ0v) is 16.2. The van der Waals surface area contributed by atoms with Crippen LogP contribution in [0.2, 0.25) is 0 Å². The van der Waals surface area contributed by atoms with Gasteiger partial charge in [-0.25, -0.2) is 4.98 Å². The third kappa shape index (κ3) is 3.80. The van der Waals surface area contributed by atoms with Gasteiger partial charge < -0.3 is 9.32 Å². The molecule has 5 nitrogen and oxygen atoms in total. The second-order valence-electron chi connectivity index (χ2n) is 6.64. The number of aryl methyl sites for hydroxylation is 1. The molecule has 3 heterocycles. The number of carbonyl (C=O) groups excluding carboxylic acids is 1. The van der Waals surface area contributed by atoms with Crippen LogP contribution in [0.3, 0.4) is 0 Å². The second kappa shape index (κ2) is 7.40. The van der Waals surface area contributed by atoms with Gasteiger partial charge >= 0.3 is 0 Å². The van der Waals surface area contributed by atoms with Gasteiger partial charge in [0.05, 0.1) is 18.5 Å². The van der Waals surface area contributed by atoms with Crippen molar-refractivity contribution in [3.8, 4) is 11.3 Å². The van der Waals surface area contributed by atoms with Crippen molar-refractivity contribution in [3.63, 3.8) is 0 Å². The molecule has 0 fully saturated rings. The lowest BCUT2D eigenvalue weighted by molar-refractivity contribution is -0.129. The standard InChI is InChI=1S/C21H21N3O2S/c1-15-5-7-17(8-6-15)20-13-24-18(14-27-21(24)22-20)9-10-23(16(2)25)12-19-4-3-11-26-19/h3-8,11,13-14H,9-10,12H2,1-2H3. The van der Waals surface area contributed by atoms with E-state index in [0.29, 0.717) is 13.1 Å². The minimum Gasteiger partial charge on any atom is -0.467 e. The number of nitrogens with zero attached hydrogens (tertiary/aromatic N) is 3. The van der Waals surface area contributed by atoms with E-state index in [0.717, 1.165) is 34.1 Å². The van der Waals surface area contributed by atoms with Gasteiger partial charge in [-0.3, -0.25) is 9.20 Å². The molecule has 0 aliphatic carbocycles. The van der Waals surface area contributed by atoms with Gasteiger partial charge in [-0.2, -0.15) is 0 Å². The fourth-order valence-corrected chi connectivity index (χ4v) is 3.97. The lowest BCUT2D eigenvalue weighted by atomic mass is 10.1. The molecule has 0 radical (unpaired) electrons. The maximum Gasteiger partial charge on any atom is 0.219 e. The highest BCUT2D eigenvalue weighted by Crippen LogP contribution is 2.24. The Morgan fingerprint density at radius 1 is 1.26 bits per heavy atom. The first-order valence-electron chi connectivity index (χ1n) is 8.90. The van der Waals surface area contributed by atoms with Crippen LogP contribution in [0.25, 0.3) is 16.2 Å². The number of aromatic nitrogens is 2. The lowest BCUT2D eigenvalue weighted by Gasteiger charge is -2.19. The van der Waals surface area contributed by atoms with Crippen molar-refractivity contribution in [1.82, 2.24) is 14.3 Å². The maximum atomic E-state index is 12.0. The predicted molar refractivity (Wildman–Crippen MR) is 107 cm³/mol. The third-order valence-electron chi connectivity index (χ3n) is 4.64. The molecule has 27 heavy (non-hydrogen) atoms. The molecule has 6 heteroatoms. The van der Waals surface area contributed by atoms with E-state index in [1.807, 2.05) is 12.1 Å². The molecular weight excluding hydrogens is 358 g/mol. The van der Waals surface area contributed by atoms with Crippen molar-refractivity contribution in [3.05, 3.63) is 71.3 Å². The van der Waals surface area contributed by atoms with Gasteiger partial charge in [-0.05, 0) is 19.1 Å². The topological polar surface area (TPSA) is 50.8 Å². The summed E-state index contributed by atoms with van der Waals surface area (Å²) in [4.78, 5) is 19.5. The van der Waals surface area contributed by atoms with Crippen LogP contribution in [-0.2, 0) is 17.8 Å². The fourth-order valence-electron chi connectivity index (χ4n) is 3.06. The lowest BCUT2D eigenvalue weighted by Crippen LogP contribution is -2.30. The highest BCUT2D eigenvalue weighted by atomic mass is 32.1. The summed E-state index contributed by atoms with van der Waals surface area (Å²) in [5.41, 5.74) is 4.49. The van der Waals surface area contributed by atoms with Crippen LogP contribution < -0.4 is 0 Å². The van der Waals surface area contributed by atoms with Crippen molar-refractivity contribution in [1.29, 1.82) is 0 Å². The number of benzene rings is 1. The number of thiazole rings is 1. The Labute approximate surface area is 161 Å². The quantitative estimate of drug-likeness (QED) is 0.494. The minimum atomic E-state index is 0.0452. The Balaban J connectivity index is 1.51. The Bertz CT molecular complexity index is 1050. The van der Waals surface area contributed by atoms with Crippen LogP contribution in [0.4, 0.5) is 0 Å². The van der Waals surface area contributed by atoms with E-state index in [2.05, 4.69) is 47.2 Å². The summed E-state index contributed by atoms with van der Waals surface area (Å²) in [7, 11) is 0. The van der Waals surface area contributed by atoms with Gasteiger partial charge in [-0.1, -0.05) is 29.8 Å². The third-order valence-corrected chi connectivity index (χ3v) is 5.53. The molecule has 0 aliphatic rings. The molecule has 0 N–H and O–H groups in total. The summed E-state index contributed by atoms with van der Waals surface area (Å²) in [6.07, 6.45) is 4.48. The molecule has 138 valence electrons. The molecular formula is C21H21N3O2S. The molecule has 0 atom stereocenters. The number of hydrogen-bond donors (Lipinski definition) is 0. The Hall–Kier alpha value is -2.86. The summed E-state index contributed by atoms with van der Waals surface area (Å²) < 4.78 is 7.51. The normalized spacial score (nSPS) is 11.2. The van der Waals surface area contributed by atoms with Gasteiger partial charge in [0, 0.05) is 42.7 Å². The van der Waals surface area contributed by atoms with Crippen molar-refractivity contribution in [2.45, 2.75) is 26.8 Å². The van der Waals surface area contributed by atoms with Crippen LogP contribution in [-0.4, -0.2) is 26.7 Å². The summed E-state index contributed by atoms with van der Waals surface area (Å²) in [6, 6.07) is 12.1. The highest BCUT2D eigenvalue weighted by Gasteiger charge is 2.14. The summed E-state index contributed by atoms with van der Waals surface area (Å²) in [5.74, 6) is 0.841. The van der Waals surface area contributed by atoms with E-state index >= 15 is 0 Å². The molecule has 0 aliphatic heterocycles. The summed E-state index contributed by atoms with van der Waals surface area (Å²) in [5, 5.41) is 2.12. The smallest absolute Gasteiger partial charge is 0.219 e. The first-order chi connectivity index (χ1) is 13.1. The summed E-state index contributed by atoms with van der Waals surface area (Å²) >= 11 is 1.63. The second-order valence-corrected chi connectivity index (χ2v) is 7.48. The van der Waals surface area contributed by atoms with E-state index in [1.165, 1.54) is 5.56 Å². The van der Waals surface area contributed by atoms with Crippen LogP contribution >= 0.6 is 11.3 Å². The molecule has 0 saturated carbocycles. The van der Waals surface area contributed by atoms with E-state index in [9.17, 15) is 4.79 Å². The SMILES string of the molecule is CC(=O)N(CCc1csc2nc(-c3ccc(C)cc3)cn12)Cc1ccco1. The van der Waals surface area contributed by atoms with E-state index in [-0.39, 0.29) is 5.91 Å². The van der Waals surface area contributed by atoms with E-state index in [1.54, 1.807) is 29.4 Å². The molecule has 4 aromatic rings. The largest absolute Gasteiger partial charge is 0.467 e. The highest BCUT2D eigenvalue weighted by molar-refractivity contribution is 7.15. The molecule has 4 rings (SSSR count). The number of rotatable bonds is 6. The molecule has 0 unspecified atom stereocenters. The average molecular weight is 379 g/mol. The zero-order chi connectivity index (χ0) is 18.8. The van der Waals surface area contributed by atoms with Gasteiger partial charge in [-0.15, -0.1) is 11.3 Å². The Kier molecular flexibility index (Phi) is 4.81. The molecule has 3 aromatic heterocycles. The van der Waals surface area contributed by atoms with Crippen LogP contribution in [0.5, 0.6) is 0 Å². The molecule has 0 saturated heterocycles. The number of amides is 1. The maximum absolute atomic E-state index is 12.0. The monoisotopic (exact) mass is 379 g/mol. The predicted octanol–water partition coefficient (Wildman–Crippen LogP) is 4.56. The Morgan fingerprint density at radius 3 is 2.78 bits per heavy atom. The number of fused-ring (bicyclic) bond motifs is 1. The zero-order valence-electron chi connectivity index (χ0n) is 15.4. The van der Waals surface area contributed by atoms with Gasteiger partial charge in [0.2, 0.25) is 5.91 Å². The first kappa shape index (κ1) is 17.5. The number of furan rings is 1. The van der Waals surface area contributed by atoms with Crippen molar-refractivity contribution < 1.29 is 9.21 Å². The van der Waals surface area contributed by atoms with Crippen LogP contribution in [0.15, 0.2) is 58.7 Å². The average Bonchev–Trinajstić information content (AvgIpc) is 3.37. The van der Waals surface area contributed by atoms with Crippen molar-refractivity contribution >= 4 is 22.2 Å². The van der Waals surface area contributed by atoms with Gasteiger partial charge in [0.1, 0.15) is 5.76 Å².